The van der Waals surface area contributed by atoms with Crippen LogP contribution in [0.4, 0.5) is 16.2 Å². The van der Waals surface area contributed by atoms with Crippen LogP contribution in [0, 0.1) is 6.92 Å². The molecule has 0 aliphatic heterocycles. The molecule has 2 aromatic rings. The summed E-state index contributed by atoms with van der Waals surface area (Å²) in [4.78, 5) is 11.3. The van der Waals surface area contributed by atoms with E-state index in [1.165, 1.54) is 7.11 Å². The lowest BCUT2D eigenvalue weighted by Gasteiger charge is -2.14. The monoisotopic (exact) mass is 290 g/mol. The van der Waals surface area contributed by atoms with Gasteiger partial charge in [-0.3, -0.25) is 5.32 Å². The topological polar surface area (TPSA) is 64.3 Å². The van der Waals surface area contributed by atoms with Gasteiger partial charge in [0.15, 0.2) is 0 Å². The number of nitrogens with two attached hydrogens (primary N) is 1. The van der Waals surface area contributed by atoms with Crippen LogP contribution in [0.1, 0.15) is 5.56 Å². The van der Waals surface area contributed by atoms with E-state index < -0.39 is 6.09 Å². The average Bonchev–Trinajstić information content (AvgIpc) is 2.44. The first kappa shape index (κ1) is 14.2. The number of nitrogens with one attached hydrogen (secondary N) is 1. The highest BCUT2D eigenvalue weighted by atomic mass is 35.5. The molecule has 3 N–H and O–H groups in total. The van der Waals surface area contributed by atoms with Crippen LogP contribution in [0.15, 0.2) is 36.4 Å². The van der Waals surface area contributed by atoms with E-state index in [0.717, 1.165) is 16.7 Å². The van der Waals surface area contributed by atoms with Gasteiger partial charge in [0.2, 0.25) is 0 Å². The number of hydrogen-bond donors (Lipinski definition) is 2. The SMILES string of the molecule is COC(=O)Nc1cccc(-c2cccc(N)c2Cl)c1C. The average molecular weight is 291 g/mol. The van der Waals surface area contributed by atoms with Crippen LogP contribution in [-0.4, -0.2) is 13.2 Å². The third kappa shape index (κ3) is 2.70. The fourth-order valence-corrected chi connectivity index (χ4v) is 2.21. The van der Waals surface area contributed by atoms with Gasteiger partial charge < -0.3 is 10.5 Å². The lowest BCUT2D eigenvalue weighted by molar-refractivity contribution is 0.187. The fourth-order valence-electron chi connectivity index (χ4n) is 1.98. The van der Waals surface area contributed by atoms with Crippen molar-refractivity contribution in [1.82, 2.24) is 0 Å². The minimum absolute atomic E-state index is 0.505. The summed E-state index contributed by atoms with van der Waals surface area (Å²) in [6.45, 7) is 1.90. The second-order valence-electron chi connectivity index (χ2n) is 4.30. The molecular formula is C15H15ClN2O2. The second-order valence-corrected chi connectivity index (χ2v) is 4.68. The minimum Gasteiger partial charge on any atom is -0.453 e. The minimum atomic E-state index is -0.510. The van der Waals surface area contributed by atoms with Gasteiger partial charge in [-0.05, 0) is 30.2 Å². The summed E-state index contributed by atoms with van der Waals surface area (Å²) in [5.41, 5.74) is 9.66. The number of carbonyl (C=O) groups is 1. The molecule has 104 valence electrons. The molecule has 1 amide bonds. The number of hydrogen-bond acceptors (Lipinski definition) is 3. The number of carbonyl (C=O) groups excluding carboxylic acids is 1. The van der Waals surface area contributed by atoms with Crippen molar-refractivity contribution in [2.75, 3.05) is 18.2 Å². The van der Waals surface area contributed by atoms with Crippen LogP contribution < -0.4 is 11.1 Å². The van der Waals surface area contributed by atoms with E-state index in [9.17, 15) is 4.79 Å². The van der Waals surface area contributed by atoms with Gasteiger partial charge in [-0.1, -0.05) is 35.9 Å². The van der Waals surface area contributed by atoms with Gasteiger partial charge >= 0.3 is 6.09 Å². The molecule has 2 aromatic carbocycles. The van der Waals surface area contributed by atoms with Crippen molar-refractivity contribution < 1.29 is 9.53 Å². The Bertz CT molecular complexity index is 656. The highest BCUT2D eigenvalue weighted by Gasteiger charge is 2.12. The number of halogens is 1. The van der Waals surface area contributed by atoms with E-state index in [-0.39, 0.29) is 0 Å². The Morgan fingerprint density at radius 3 is 2.55 bits per heavy atom. The Balaban J connectivity index is 2.50. The molecule has 0 saturated carbocycles. The van der Waals surface area contributed by atoms with Gasteiger partial charge in [0, 0.05) is 11.3 Å². The fraction of sp³-hybridized carbons (Fsp3) is 0.133. The summed E-state index contributed by atoms with van der Waals surface area (Å²) in [5, 5.41) is 3.17. The number of anilines is 2. The van der Waals surface area contributed by atoms with Crippen molar-refractivity contribution in [3.05, 3.63) is 47.0 Å². The highest BCUT2D eigenvalue weighted by Crippen LogP contribution is 2.36. The van der Waals surface area contributed by atoms with Gasteiger partial charge in [-0.15, -0.1) is 0 Å². The zero-order chi connectivity index (χ0) is 14.7. The van der Waals surface area contributed by atoms with E-state index in [2.05, 4.69) is 10.1 Å². The molecule has 0 heterocycles. The van der Waals surface area contributed by atoms with E-state index >= 15 is 0 Å². The maximum atomic E-state index is 11.3. The maximum Gasteiger partial charge on any atom is 0.411 e. The molecule has 0 aliphatic carbocycles. The molecule has 0 bridgehead atoms. The summed E-state index contributed by atoms with van der Waals surface area (Å²) in [7, 11) is 1.32. The predicted molar refractivity (Wildman–Crippen MR) is 82.1 cm³/mol. The molecule has 0 saturated heterocycles. The molecule has 0 fully saturated rings. The van der Waals surface area contributed by atoms with Crippen molar-refractivity contribution in [2.24, 2.45) is 0 Å². The second kappa shape index (κ2) is 5.84. The first-order chi connectivity index (χ1) is 9.54. The standard InChI is InChI=1S/C15H15ClN2O2/c1-9-10(11-6-3-7-12(17)14(11)16)5-4-8-13(9)18-15(19)20-2/h3-8H,17H2,1-2H3,(H,18,19). The van der Waals surface area contributed by atoms with Crippen molar-refractivity contribution in [3.8, 4) is 11.1 Å². The molecule has 20 heavy (non-hydrogen) atoms. The van der Waals surface area contributed by atoms with Gasteiger partial charge in [0.1, 0.15) is 0 Å². The molecule has 0 atom stereocenters. The number of methoxy groups -OCH3 is 1. The largest absolute Gasteiger partial charge is 0.453 e. The molecule has 2 rings (SSSR count). The molecule has 0 aromatic heterocycles. The van der Waals surface area contributed by atoms with Crippen LogP contribution in [0.25, 0.3) is 11.1 Å². The van der Waals surface area contributed by atoms with Gasteiger partial charge in [-0.25, -0.2) is 4.79 Å². The zero-order valence-corrected chi connectivity index (χ0v) is 12.0. The number of nitrogen functional groups attached to an aromatic ring is 1. The van der Waals surface area contributed by atoms with Crippen LogP contribution in [0.3, 0.4) is 0 Å². The maximum absolute atomic E-state index is 11.3. The van der Waals surface area contributed by atoms with E-state index in [4.69, 9.17) is 17.3 Å². The van der Waals surface area contributed by atoms with Crippen molar-refractivity contribution in [3.63, 3.8) is 0 Å². The lowest BCUT2D eigenvalue weighted by Crippen LogP contribution is -2.12. The first-order valence-corrected chi connectivity index (χ1v) is 6.41. The Morgan fingerprint density at radius 2 is 1.85 bits per heavy atom. The molecule has 0 unspecified atom stereocenters. The zero-order valence-electron chi connectivity index (χ0n) is 11.2. The molecule has 0 spiro atoms. The Labute approximate surface area is 122 Å². The normalized spacial score (nSPS) is 10.2. The Morgan fingerprint density at radius 1 is 1.20 bits per heavy atom. The van der Waals surface area contributed by atoms with E-state index in [1.807, 2.05) is 31.2 Å². The van der Waals surface area contributed by atoms with Crippen molar-refractivity contribution >= 4 is 29.1 Å². The third-order valence-corrected chi connectivity index (χ3v) is 3.50. The molecular weight excluding hydrogens is 276 g/mol. The van der Waals surface area contributed by atoms with Gasteiger partial charge in [0.05, 0.1) is 17.8 Å². The molecule has 0 aliphatic rings. The molecule has 0 radical (unpaired) electrons. The third-order valence-electron chi connectivity index (χ3n) is 3.07. The number of rotatable bonds is 2. The highest BCUT2D eigenvalue weighted by molar-refractivity contribution is 6.35. The van der Waals surface area contributed by atoms with Crippen LogP contribution in [-0.2, 0) is 4.74 Å². The molecule has 5 heteroatoms. The number of amides is 1. The lowest BCUT2D eigenvalue weighted by atomic mass is 9.98. The summed E-state index contributed by atoms with van der Waals surface area (Å²) < 4.78 is 4.60. The van der Waals surface area contributed by atoms with Crippen LogP contribution in [0.2, 0.25) is 5.02 Å². The summed E-state index contributed by atoms with van der Waals surface area (Å²) >= 11 is 6.25. The van der Waals surface area contributed by atoms with Crippen LogP contribution >= 0.6 is 11.6 Å². The van der Waals surface area contributed by atoms with E-state index in [1.54, 1.807) is 12.1 Å². The van der Waals surface area contributed by atoms with Crippen LogP contribution in [0.5, 0.6) is 0 Å². The first-order valence-electron chi connectivity index (χ1n) is 6.03. The molecule has 4 nitrogen and oxygen atoms in total. The van der Waals surface area contributed by atoms with Crippen molar-refractivity contribution in [1.29, 1.82) is 0 Å². The summed E-state index contributed by atoms with van der Waals surface area (Å²) in [5.74, 6) is 0. The van der Waals surface area contributed by atoms with E-state index in [0.29, 0.717) is 16.4 Å². The van der Waals surface area contributed by atoms with Gasteiger partial charge in [-0.2, -0.15) is 0 Å². The summed E-state index contributed by atoms with van der Waals surface area (Å²) in [6.07, 6.45) is -0.510. The van der Waals surface area contributed by atoms with Crippen molar-refractivity contribution in [2.45, 2.75) is 6.92 Å². The Kier molecular flexibility index (Phi) is 4.15. The quantitative estimate of drug-likeness (QED) is 0.819. The Hall–Kier alpha value is -2.20. The summed E-state index contributed by atoms with van der Waals surface area (Å²) in [6, 6.07) is 11.1. The predicted octanol–water partition coefficient (Wildman–Crippen LogP) is 4.08. The number of benzene rings is 2. The smallest absolute Gasteiger partial charge is 0.411 e. The van der Waals surface area contributed by atoms with Gasteiger partial charge in [0.25, 0.3) is 0 Å². The number of ether oxygens (including phenoxy) is 1.